The van der Waals surface area contributed by atoms with Gasteiger partial charge in [-0.15, -0.1) is 0 Å². The van der Waals surface area contributed by atoms with Crippen molar-refractivity contribution >= 4 is 17.7 Å². The molecule has 1 aromatic heterocycles. The largest absolute Gasteiger partial charge is 0.462 e. The van der Waals surface area contributed by atoms with Crippen LogP contribution in [0.25, 0.3) is 6.08 Å². The summed E-state index contributed by atoms with van der Waals surface area (Å²) in [5.74, 6) is 1.61. The van der Waals surface area contributed by atoms with E-state index in [1.165, 1.54) is 11.3 Å². The fourth-order valence-corrected chi connectivity index (χ4v) is 2.81. The number of hydrogen-bond acceptors (Lipinski definition) is 3. The molecule has 4 nitrogen and oxygen atoms in total. The van der Waals surface area contributed by atoms with Crippen LogP contribution >= 0.6 is 0 Å². The number of furan rings is 1. The first-order valence-electron chi connectivity index (χ1n) is 7.97. The highest BCUT2D eigenvalue weighted by molar-refractivity contribution is 5.91. The standard InChI is InChI=1S/C19H22N2O2/c1-15-4-3-5-17(14-15)20-10-12-21(13-11-20)19(22)9-8-18-7-6-16(2)23-18/h3-9,14H,10-13H2,1-2H3/b9-8+. The Morgan fingerprint density at radius 3 is 2.52 bits per heavy atom. The minimum absolute atomic E-state index is 0.0444. The Morgan fingerprint density at radius 1 is 1.09 bits per heavy atom. The third-order valence-electron chi connectivity index (χ3n) is 4.11. The zero-order valence-electron chi connectivity index (χ0n) is 13.7. The van der Waals surface area contributed by atoms with Crippen molar-refractivity contribution in [3.63, 3.8) is 0 Å². The first-order chi connectivity index (χ1) is 11.1. The van der Waals surface area contributed by atoms with E-state index in [0.29, 0.717) is 5.76 Å². The average Bonchev–Trinajstić information content (AvgIpc) is 2.98. The molecule has 0 aliphatic carbocycles. The van der Waals surface area contributed by atoms with Crippen molar-refractivity contribution in [2.75, 3.05) is 31.1 Å². The summed E-state index contributed by atoms with van der Waals surface area (Å²) in [4.78, 5) is 16.5. The summed E-state index contributed by atoms with van der Waals surface area (Å²) in [5, 5.41) is 0. The highest BCUT2D eigenvalue weighted by Crippen LogP contribution is 2.18. The van der Waals surface area contributed by atoms with Gasteiger partial charge in [-0.25, -0.2) is 0 Å². The third-order valence-corrected chi connectivity index (χ3v) is 4.11. The number of amides is 1. The van der Waals surface area contributed by atoms with E-state index in [0.717, 1.165) is 31.9 Å². The number of rotatable bonds is 3. The summed E-state index contributed by atoms with van der Waals surface area (Å²) in [5.41, 5.74) is 2.50. The molecule has 1 amide bonds. The average molecular weight is 310 g/mol. The van der Waals surface area contributed by atoms with Gasteiger partial charge in [-0.3, -0.25) is 4.79 Å². The number of anilines is 1. The molecule has 0 spiro atoms. The first kappa shape index (κ1) is 15.4. The van der Waals surface area contributed by atoms with Crippen molar-refractivity contribution < 1.29 is 9.21 Å². The van der Waals surface area contributed by atoms with E-state index in [1.54, 1.807) is 12.2 Å². The van der Waals surface area contributed by atoms with E-state index in [2.05, 4.69) is 36.1 Å². The second kappa shape index (κ2) is 6.73. The second-order valence-electron chi connectivity index (χ2n) is 5.93. The van der Waals surface area contributed by atoms with E-state index in [1.807, 2.05) is 24.0 Å². The number of carbonyl (C=O) groups is 1. The molecule has 4 heteroatoms. The maximum Gasteiger partial charge on any atom is 0.246 e. The van der Waals surface area contributed by atoms with Gasteiger partial charge in [0.25, 0.3) is 0 Å². The Hall–Kier alpha value is -2.49. The normalized spacial score (nSPS) is 15.4. The molecule has 1 aliphatic rings. The molecular formula is C19H22N2O2. The molecular weight excluding hydrogens is 288 g/mol. The zero-order chi connectivity index (χ0) is 16.2. The van der Waals surface area contributed by atoms with Gasteiger partial charge in [0.2, 0.25) is 5.91 Å². The number of nitrogens with zero attached hydrogens (tertiary/aromatic N) is 2. The maximum absolute atomic E-state index is 12.3. The SMILES string of the molecule is Cc1cccc(N2CCN(C(=O)/C=C/c3ccc(C)o3)CC2)c1. The van der Waals surface area contributed by atoms with Crippen LogP contribution in [0.1, 0.15) is 17.1 Å². The minimum atomic E-state index is 0.0444. The lowest BCUT2D eigenvalue weighted by Gasteiger charge is -2.35. The summed E-state index contributed by atoms with van der Waals surface area (Å²) >= 11 is 0. The fourth-order valence-electron chi connectivity index (χ4n) is 2.81. The van der Waals surface area contributed by atoms with E-state index in [9.17, 15) is 4.79 Å². The topological polar surface area (TPSA) is 36.7 Å². The first-order valence-corrected chi connectivity index (χ1v) is 7.97. The molecule has 1 aliphatic heterocycles. The van der Waals surface area contributed by atoms with Gasteiger partial charge >= 0.3 is 0 Å². The molecule has 0 atom stereocenters. The van der Waals surface area contributed by atoms with Crippen LogP contribution in [-0.2, 0) is 4.79 Å². The molecule has 3 rings (SSSR count). The van der Waals surface area contributed by atoms with Crippen LogP contribution in [-0.4, -0.2) is 37.0 Å². The third kappa shape index (κ3) is 3.83. The molecule has 2 heterocycles. The molecule has 23 heavy (non-hydrogen) atoms. The van der Waals surface area contributed by atoms with Crippen molar-refractivity contribution in [1.82, 2.24) is 4.90 Å². The van der Waals surface area contributed by atoms with Crippen LogP contribution in [0, 0.1) is 13.8 Å². The van der Waals surface area contributed by atoms with E-state index in [4.69, 9.17) is 4.42 Å². The molecule has 120 valence electrons. The van der Waals surface area contributed by atoms with Crippen molar-refractivity contribution in [2.24, 2.45) is 0 Å². The Balaban J connectivity index is 1.56. The monoisotopic (exact) mass is 310 g/mol. The molecule has 2 aromatic rings. The lowest BCUT2D eigenvalue weighted by atomic mass is 10.2. The number of benzene rings is 1. The van der Waals surface area contributed by atoms with Crippen molar-refractivity contribution in [1.29, 1.82) is 0 Å². The highest BCUT2D eigenvalue weighted by Gasteiger charge is 2.19. The van der Waals surface area contributed by atoms with Crippen LogP contribution in [0.2, 0.25) is 0 Å². The molecule has 1 aromatic carbocycles. The van der Waals surface area contributed by atoms with Crippen LogP contribution < -0.4 is 4.90 Å². The summed E-state index contributed by atoms with van der Waals surface area (Å²) in [6, 6.07) is 12.3. The van der Waals surface area contributed by atoms with Crippen LogP contribution in [0.5, 0.6) is 0 Å². The summed E-state index contributed by atoms with van der Waals surface area (Å²) < 4.78 is 5.44. The number of carbonyl (C=O) groups excluding carboxylic acids is 1. The van der Waals surface area contributed by atoms with Gasteiger partial charge in [0.15, 0.2) is 0 Å². The van der Waals surface area contributed by atoms with Gasteiger partial charge in [-0.1, -0.05) is 12.1 Å². The van der Waals surface area contributed by atoms with Crippen molar-refractivity contribution in [2.45, 2.75) is 13.8 Å². The van der Waals surface area contributed by atoms with Gasteiger partial charge in [-0.05, 0) is 49.8 Å². The Morgan fingerprint density at radius 2 is 1.87 bits per heavy atom. The van der Waals surface area contributed by atoms with Gasteiger partial charge in [0.05, 0.1) is 0 Å². The predicted molar refractivity (Wildman–Crippen MR) is 92.5 cm³/mol. The van der Waals surface area contributed by atoms with E-state index >= 15 is 0 Å². The fraction of sp³-hybridized carbons (Fsp3) is 0.316. The second-order valence-corrected chi connectivity index (χ2v) is 5.93. The van der Waals surface area contributed by atoms with Gasteiger partial charge in [0, 0.05) is 37.9 Å². The van der Waals surface area contributed by atoms with E-state index in [-0.39, 0.29) is 5.91 Å². The molecule has 0 radical (unpaired) electrons. The van der Waals surface area contributed by atoms with Crippen molar-refractivity contribution in [3.8, 4) is 0 Å². The molecule has 1 saturated heterocycles. The number of aryl methyl sites for hydroxylation is 2. The van der Waals surface area contributed by atoms with Crippen LogP contribution in [0.15, 0.2) is 46.9 Å². The van der Waals surface area contributed by atoms with Crippen LogP contribution in [0.3, 0.4) is 0 Å². The Kier molecular flexibility index (Phi) is 4.51. The number of piperazine rings is 1. The maximum atomic E-state index is 12.3. The van der Waals surface area contributed by atoms with Gasteiger partial charge in [0.1, 0.15) is 11.5 Å². The molecule has 0 unspecified atom stereocenters. The Labute approximate surface area is 137 Å². The van der Waals surface area contributed by atoms with Gasteiger partial charge in [-0.2, -0.15) is 0 Å². The highest BCUT2D eigenvalue weighted by atomic mass is 16.3. The Bertz CT molecular complexity index is 710. The summed E-state index contributed by atoms with van der Waals surface area (Å²) in [6.07, 6.45) is 3.34. The number of hydrogen-bond donors (Lipinski definition) is 0. The quantitative estimate of drug-likeness (QED) is 0.817. The summed E-state index contributed by atoms with van der Waals surface area (Å²) in [6.45, 7) is 7.21. The van der Waals surface area contributed by atoms with Gasteiger partial charge < -0.3 is 14.2 Å². The van der Waals surface area contributed by atoms with Crippen molar-refractivity contribution in [3.05, 3.63) is 59.6 Å². The predicted octanol–water partition coefficient (Wildman–Crippen LogP) is 3.26. The lowest BCUT2D eigenvalue weighted by Crippen LogP contribution is -2.48. The minimum Gasteiger partial charge on any atom is -0.462 e. The van der Waals surface area contributed by atoms with E-state index < -0.39 is 0 Å². The molecule has 0 N–H and O–H groups in total. The smallest absolute Gasteiger partial charge is 0.246 e. The molecule has 1 fully saturated rings. The van der Waals surface area contributed by atoms with Crippen LogP contribution in [0.4, 0.5) is 5.69 Å². The molecule has 0 saturated carbocycles. The molecule has 0 bridgehead atoms. The lowest BCUT2D eigenvalue weighted by molar-refractivity contribution is -0.126. The summed E-state index contributed by atoms with van der Waals surface area (Å²) in [7, 11) is 0. The zero-order valence-corrected chi connectivity index (χ0v) is 13.7.